The average molecular weight is 559 g/mol. The van der Waals surface area contributed by atoms with Crippen LogP contribution in [0, 0.1) is 6.92 Å². The Morgan fingerprint density at radius 2 is 1.65 bits per heavy atom. The maximum absolute atomic E-state index is 13.4. The molecule has 0 spiro atoms. The maximum Gasteiger partial charge on any atom is 0.416 e. The fourth-order valence-electron chi connectivity index (χ4n) is 3.43. The van der Waals surface area contributed by atoms with Crippen LogP contribution in [0.3, 0.4) is 0 Å². The molecule has 9 nitrogen and oxygen atoms in total. The van der Waals surface area contributed by atoms with Crippen LogP contribution in [-0.2, 0) is 32.7 Å². The molecule has 2 N–H and O–H groups in total. The van der Waals surface area contributed by atoms with Crippen molar-refractivity contribution in [2.24, 2.45) is 0 Å². The molecule has 3 aromatic rings. The number of H-pyrrole nitrogens is 1. The van der Waals surface area contributed by atoms with Crippen molar-refractivity contribution in [1.82, 2.24) is 10.3 Å². The lowest BCUT2D eigenvalue weighted by molar-refractivity contribution is -0.137. The van der Waals surface area contributed by atoms with E-state index in [1.54, 1.807) is 0 Å². The molecule has 0 saturated heterocycles. The number of alkyl halides is 3. The van der Waals surface area contributed by atoms with Crippen LogP contribution in [0.5, 0.6) is 5.75 Å². The monoisotopic (exact) mass is 558 g/mol. The molecule has 0 aliphatic rings. The first-order chi connectivity index (χ1) is 17.0. The van der Waals surface area contributed by atoms with Gasteiger partial charge < -0.3 is 14.5 Å². The van der Waals surface area contributed by atoms with Crippen LogP contribution in [-0.4, -0.2) is 40.2 Å². The van der Waals surface area contributed by atoms with E-state index in [4.69, 9.17) is 4.18 Å². The van der Waals surface area contributed by atoms with Crippen molar-refractivity contribution in [1.29, 1.82) is 0 Å². The first-order valence-corrected chi connectivity index (χ1v) is 14.1. The minimum absolute atomic E-state index is 0.0481. The molecule has 0 fully saturated rings. The van der Waals surface area contributed by atoms with Gasteiger partial charge in [0.05, 0.1) is 22.4 Å². The molecule has 14 heteroatoms. The lowest BCUT2D eigenvalue weighted by Gasteiger charge is -2.17. The number of nitrogens with one attached hydrogen (secondary N) is 2. The van der Waals surface area contributed by atoms with Crippen LogP contribution >= 0.6 is 0 Å². The number of benzene rings is 2. The first-order valence-electron chi connectivity index (χ1n) is 10.4. The van der Waals surface area contributed by atoms with Gasteiger partial charge in [0.15, 0.2) is 15.6 Å². The zero-order chi connectivity index (χ0) is 27.8. The van der Waals surface area contributed by atoms with Crippen LogP contribution < -0.4 is 15.1 Å². The molecule has 1 aromatic heterocycles. The molecule has 0 unspecified atom stereocenters. The fourth-order valence-corrected chi connectivity index (χ4v) is 4.57. The smallest absolute Gasteiger partial charge is 0.380 e. The second kappa shape index (κ2) is 10.0. The third kappa shape index (κ3) is 6.77. The van der Waals surface area contributed by atoms with E-state index < -0.39 is 60.0 Å². The fraction of sp³-hybridized carbons (Fsp3) is 0.217. The number of amides is 1. The summed E-state index contributed by atoms with van der Waals surface area (Å²) in [6.07, 6.45) is -3.03. The molecule has 198 valence electrons. The van der Waals surface area contributed by atoms with E-state index in [9.17, 15) is 39.6 Å². The van der Waals surface area contributed by atoms with Crippen molar-refractivity contribution >= 4 is 25.9 Å². The SMILES string of the molecule is Cc1[nH]c(=O)c(C(=O)NCc2ccc(S(C)(=O)=O)cc2)c(-c2cccc(C(F)(F)F)c2)c1OS(C)(=O)=O. The van der Waals surface area contributed by atoms with Crippen molar-refractivity contribution in [3.63, 3.8) is 0 Å². The van der Waals surface area contributed by atoms with Crippen LogP contribution in [0.2, 0.25) is 0 Å². The van der Waals surface area contributed by atoms with Crippen LogP contribution in [0.1, 0.15) is 27.2 Å². The van der Waals surface area contributed by atoms with Gasteiger partial charge in [-0.15, -0.1) is 0 Å². The molecule has 2 aromatic carbocycles. The average Bonchev–Trinajstić information content (AvgIpc) is 2.77. The zero-order valence-corrected chi connectivity index (χ0v) is 21.3. The third-order valence-electron chi connectivity index (χ3n) is 5.09. The Bertz CT molecular complexity index is 1630. The third-order valence-corrected chi connectivity index (χ3v) is 6.69. The zero-order valence-electron chi connectivity index (χ0n) is 19.6. The Balaban J connectivity index is 2.13. The molecule has 0 aliphatic carbocycles. The van der Waals surface area contributed by atoms with Gasteiger partial charge in [-0.25, -0.2) is 8.42 Å². The molecule has 0 atom stereocenters. The van der Waals surface area contributed by atoms with Crippen molar-refractivity contribution in [3.05, 3.63) is 81.3 Å². The normalized spacial score (nSPS) is 12.3. The summed E-state index contributed by atoms with van der Waals surface area (Å²) in [5.41, 5.74) is -3.14. The van der Waals surface area contributed by atoms with E-state index in [0.29, 0.717) is 17.9 Å². The van der Waals surface area contributed by atoms with Gasteiger partial charge in [0.2, 0.25) is 0 Å². The highest BCUT2D eigenvalue weighted by molar-refractivity contribution is 7.90. The Hall–Kier alpha value is -3.65. The van der Waals surface area contributed by atoms with E-state index in [1.165, 1.54) is 37.3 Å². The summed E-state index contributed by atoms with van der Waals surface area (Å²) in [7, 11) is -7.67. The van der Waals surface area contributed by atoms with E-state index in [0.717, 1.165) is 18.4 Å². The van der Waals surface area contributed by atoms with Crippen molar-refractivity contribution in [2.45, 2.75) is 24.5 Å². The summed E-state index contributed by atoms with van der Waals surface area (Å²) < 4.78 is 92.1. The summed E-state index contributed by atoms with van der Waals surface area (Å²) in [6, 6.07) is 9.18. The summed E-state index contributed by atoms with van der Waals surface area (Å²) in [5, 5.41) is 2.44. The van der Waals surface area contributed by atoms with E-state index in [2.05, 4.69) is 10.3 Å². The number of aromatic nitrogens is 1. The molecule has 3 rings (SSSR count). The van der Waals surface area contributed by atoms with Crippen molar-refractivity contribution in [2.75, 3.05) is 12.5 Å². The second-order valence-electron chi connectivity index (χ2n) is 8.12. The van der Waals surface area contributed by atoms with E-state index in [1.807, 2.05) is 0 Å². The van der Waals surface area contributed by atoms with Gasteiger partial charge in [-0.1, -0.05) is 24.3 Å². The molecular formula is C23H21F3N2O7S2. The summed E-state index contributed by atoms with van der Waals surface area (Å²) in [6.45, 7) is 1.09. The van der Waals surface area contributed by atoms with Gasteiger partial charge in [0.25, 0.3) is 11.5 Å². The molecule has 0 bridgehead atoms. The molecule has 0 saturated carbocycles. The Kier molecular flexibility index (Phi) is 7.56. The number of sulfone groups is 1. The predicted molar refractivity (Wildman–Crippen MR) is 128 cm³/mol. The van der Waals surface area contributed by atoms with Crippen molar-refractivity contribution < 1.29 is 39.0 Å². The quantitative estimate of drug-likeness (QED) is 0.425. The van der Waals surface area contributed by atoms with Gasteiger partial charge in [-0.3, -0.25) is 9.59 Å². The Morgan fingerprint density at radius 3 is 2.19 bits per heavy atom. The van der Waals surface area contributed by atoms with Gasteiger partial charge >= 0.3 is 16.3 Å². The second-order valence-corrected chi connectivity index (χ2v) is 11.7. The number of rotatable bonds is 7. The van der Waals surface area contributed by atoms with Crippen LogP contribution in [0.4, 0.5) is 13.2 Å². The first kappa shape index (κ1) is 27.9. The van der Waals surface area contributed by atoms with Gasteiger partial charge in [0.1, 0.15) is 5.56 Å². The molecule has 37 heavy (non-hydrogen) atoms. The number of carbonyl (C=O) groups excluding carboxylic acids is 1. The highest BCUT2D eigenvalue weighted by atomic mass is 32.2. The molecule has 0 aliphatic heterocycles. The number of hydrogen-bond acceptors (Lipinski definition) is 7. The lowest BCUT2D eigenvalue weighted by atomic mass is 9.96. The lowest BCUT2D eigenvalue weighted by Crippen LogP contribution is -2.31. The van der Waals surface area contributed by atoms with E-state index in [-0.39, 0.29) is 22.7 Å². The molecule has 1 heterocycles. The summed E-state index contributed by atoms with van der Waals surface area (Å²) in [5.74, 6) is -1.54. The number of aromatic amines is 1. The standard InChI is InChI=1S/C23H21F3N2O7S2/c1-13-20(35-37(3,33)34)18(15-5-4-6-16(11-15)23(24,25)26)19(22(30)28-13)21(29)27-12-14-7-9-17(10-8-14)36(2,31)32/h4-11H,12H2,1-3H3,(H,27,29)(H,28,30). The minimum atomic E-state index is -4.76. The largest absolute Gasteiger partial charge is 0.416 e. The van der Waals surface area contributed by atoms with Crippen LogP contribution in [0.15, 0.2) is 58.2 Å². The number of pyridine rings is 1. The highest BCUT2D eigenvalue weighted by Crippen LogP contribution is 2.38. The number of aryl methyl sites for hydroxylation is 1. The number of halogens is 3. The highest BCUT2D eigenvalue weighted by Gasteiger charge is 2.32. The van der Waals surface area contributed by atoms with Gasteiger partial charge in [-0.2, -0.15) is 21.6 Å². The Labute approximate surface area is 210 Å². The number of hydrogen-bond donors (Lipinski definition) is 2. The topological polar surface area (TPSA) is 139 Å². The molecule has 0 radical (unpaired) electrons. The van der Waals surface area contributed by atoms with E-state index >= 15 is 0 Å². The van der Waals surface area contributed by atoms with Crippen molar-refractivity contribution in [3.8, 4) is 16.9 Å². The number of carbonyl (C=O) groups is 1. The van der Waals surface area contributed by atoms with Gasteiger partial charge in [0, 0.05) is 18.4 Å². The predicted octanol–water partition coefficient (Wildman–Crippen LogP) is 3.04. The van der Waals surface area contributed by atoms with Crippen LogP contribution in [0.25, 0.3) is 11.1 Å². The summed E-state index contributed by atoms with van der Waals surface area (Å²) in [4.78, 5) is 28.3. The van der Waals surface area contributed by atoms with Gasteiger partial charge in [-0.05, 0) is 42.3 Å². The molecule has 1 amide bonds. The Morgan fingerprint density at radius 1 is 1.03 bits per heavy atom. The minimum Gasteiger partial charge on any atom is -0.380 e. The summed E-state index contributed by atoms with van der Waals surface area (Å²) >= 11 is 0. The molecular weight excluding hydrogens is 537 g/mol. The maximum atomic E-state index is 13.4.